The second-order valence-electron chi connectivity index (χ2n) is 12.6. The summed E-state index contributed by atoms with van der Waals surface area (Å²) in [6, 6.07) is 55.6. The Morgan fingerprint density at radius 2 is 1.16 bits per heavy atom. The van der Waals surface area contributed by atoms with Crippen molar-refractivity contribution in [2.24, 2.45) is 0 Å². The molecular formula is C43H31NS. The molecule has 0 unspecified atom stereocenters. The fraction of sp³-hybridized carbons (Fsp3) is 0.0698. The van der Waals surface area contributed by atoms with Gasteiger partial charge in [-0.3, -0.25) is 0 Å². The van der Waals surface area contributed by atoms with E-state index in [1.54, 1.807) is 0 Å². The number of rotatable bonds is 4. The molecule has 0 radical (unpaired) electrons. The summed E-state index contributed by atoms with van der Waals surface area (Å²) in [5.41, 5.74) is 11.4. The lowest BCUT2D eigenvalue weighted by Crippen LogP contribution is -2.17. The Balaban J connectivity index is 1.18. The van der Waals surface area contributed by atoms with Crippen LogP contribution in [0.15, 0.2) is 152 Å². The van der Waals surface area contributed by atoms with Gasteiger partial charge in [0, 0.05) is 42.6 Å². The number of anilines is 3. The molecule has 1 nitrogen and oxygen atoms in total. The Hall–Kier alpha value is -5.18. The lowest BCUT2D eigenvalue weighted by atomic mass is 9.80. The van der Waals surface area contributed by atoms with Gasteiger partial charge in [0.15, 0.2) is 0 Å². The number of benzene rings is 7. The van der Waals surface area contributed by atoms with Crippen LogP contribution in [0.25, 0.3) is 53.2 Å². The summed E-state index contributed by atoms with van der Waals surface area (Å²) in [5, 5.41) is 5.33. The first-order chi connectivity index (χ1) is 22.1. The third-order valence-electron chi connectivity index (χ3n) is 9.63. The van der Waals surface area contributed by atoms with Crippen LogP contribution in [0.2, 0.25) is 0 Å². The average molecular weight is 594 g/mol. The fourth-order valence-corrected chi connectivity index (χ4v) is 8.65. The summed E-state index contributed by atoms with van der Waals surface area (Å²) in [5.74, 6) is 0. The molecule has 0 atom stereocenters. The van der Waals surface area contributed by atoms with Crippen LogP contribution in [0.4, 0.5) is 17.1 Å². The molecule has 0 N–H and O–H groups in total. The van der Waals surface area contributed by atoms with E-state index >= 15 is 0 Å². The highest BCUT2D eigenvalue weighted by atomic mass is 32.1. The third kappa shape index (κ3) is 3.99. The molecule has 8 aromatic rings. The molecule has 0 spiro atoms. The van der Waals surface area contributed by atoms with Crippen molar-refractivity contribution in [1.29, 1.82) is 0 Å². The molecule has 1 aliphatic carbocycles. The second-order valence-corrected chi connectivity index (χ2v) is 13.6. The van der Waals surface area contributed by atoms with Crippen molar-refractivity contribution in [3.05, 3.63) is 163 Å². The molecule has 2 heteroatoms. The van der Waals surface area contributed by atoms with Crippen LogP contribution in [-0.2, 0) is 5.41 Å². The monoisotopic (exact) mass is 593 g/mol. The molecule has 7 aromatic carbocycles. The molecule has 45 heavy (non-hydrogen) atoms. The summed E-state index contributed by atoms with van der Waals surface area (Å²) in [6.45, 7) is 4.80. The van der Waals surface area contributed by atoms with Gasteiger partial charge in [-0.1, -0.05) is 117 Å². The maximum Gasteiger partial charge on any atom is 0.0465 e. The second kappa shape index (κ2) is 9.92. The highest BCUT2D eigenvalue weighted by Gasteiger charge is 2.38. The van der Waals surface area contributed by atoms with E-state index in [9.17, 15) is 0 Å². The molecule has 1 heterocycles. The normalized spacial score (nSPS) is 13.3. The van der Waals surface area contributed by atoms with Crippen molar-refractivity contribution in [1.82, 2.24) is 0 Å². The Bertz CT molecular complexity index is 2390. The van der Waals surface area contributed by atoms with Crippen LogP contribution in [0.5, 0.6) is 0 Å². The molecule has 0 saturated heterocycles. The molecular weight excluding hydrogens is 563 g/mol. The Labute approximate surface area is 267 Å². The van der Waals surface area contributed by atoms with Crippen LogP contribution >= 0.6 is 11.3 Å². The van der Waals surface area contributed by atoms with Gasteiger partial charge in [-0.25, -0.2) is 0 Å². The van der Waals surface area contributed by atoms with Crippen molar-refractivity contribution in [2.45, 2.75) is 19.3 Å². The zero-order chi connectivity index (χ0) is 30.1. The van der Waals surface area contributed by atoms with Crippen molar-refractivity contribution >= 4 is 59.3 Å². The maximum atomic E-state index is 2.43. The molecule has 214 valence electrons. The first-order valence-corrected chi connectivity index (χ1v) is 16.4. The minimum atomic E-state index is -0.134. The van der Waals surface area contributed by atoms with Crippen LogP contribution in [0, 0.1) is 0 Å². The van der Waals surface area contributed by atoms with Gasteiger partial charge in [0.25, 0.3) is 0 Å². The van der Waals surface area contributed by atoms with Crippen LogP contribution in [0.1, 0.15) is 25.0 Å². The first-order valence-electron chi connectivity index (χ1n) is 15.6. The summed E-state index contributed by atoms with van der Waals surface area (Å²) in [6.07, 6.45) is 0. The summed E-state index contributed by atoms with van der Waals surface area (Å²) < 4.78 is 2.73. The number of hydrogen-bond donors (Lipinski definition) is 0. The van der Waals surface area contributed by atoms with Crippen LogP contribution in [0.3, 0.4) is 0 Å². The third-order valence-corrected chi connectivity index (χ3v) is 10.8. The number of thiophene rings is 1. The van der Waals surface area contributed by atoms with Crippen LogP contribution in [-0.4, -0.2) is 0 Å². The molecule has 0 bridgehead atoms. The molecule has 0 aliphatic heterocycles. The highest BCUT2D eigenvalue weighted by molar-refractivity contribution is 7.25. The SMILES string of the molecule is CC1(C)c2cc(N(c3ccccc3)c3ccc(-c4cccc5ccccc45)cc3)ccc2-c2ccc3sc4ccccc4c3c21. The topological polar surface area (TPSA) is 3.24 Å². The number of fused-ring (bicyclic) bond motifs is 8. The minimum Gasteiger partial charge on any atom is -0.310 e. The van der Waals surface area contributed by atoms with E-state index in [0.717, 1.165) is 11.4 Å². The van der Waals surface area contributed by atoms with E-state index in [1.165, 1.54) is 70.0 Å². The van der Waals surface area contributed by atoms with E-state index in [4.69, 9.17) is 0 Å². The van der Waals surface area contributed by atoms with E-state index in [-0.39, 0.29) is 5.41 Å². The quantitative estimate of drug-likeness (QED) is 0.196. The molecule has 1 aromatic heterocycles. The predicted octanol–water partition coefficient (Wildman–Crippen LogP) is 12.7. The Morgan fingerprint density at radius 3 is 2.00 bits per heavy atom. The van der Waals surface area contributed by atoms with Crippen LogP contribution < -0.4 is 4.90 Å². The average Bonchev–Trinajstić information content (AvgIpc) is 3.57. The van der Waals surface area contributed by atoms with Gasteiger partial charge in [0.2, 0.25) is 0 Å². The van der Waals surface area contributed by atoms with Gasteiger partial charge in [-0.15, -0.1) is 11.3 Å². The van der Waals surface area contributed by atoms with Gasteiger partial charge in [0.1, 0.15) is 0 Å². The Kier molecular flexibility index (Phi) is 5.78. The lowest BCUT2D eigenvalue weighted by molar-refractivity contribution is 0.667. The van der Waals surface area contributed by atoms with Crippen molar-refractivity contribution in [3.8, 4) is 22.3 Å². The smallest absolute Gasteiger partial charge is 0.0465 e. The van der Waals surface area contributed by atoms with Gasteiger partial charge >= 0.3 is 0 Å². The minimum absolute atomic E-state index is 0.134. The van der Waals surface area contributed by atoms with Gasteiger partial charge in [0.05, 0.1) is 0 Å². The molecule has 0 saturated carbocycles. The summed E-state index contributed by atoms with van der Waals surface area (Å²) >= 11 is 1.90. The number of hydrogen-bond acceptors (Lipinski definition) is 2. The van der Waals surface area contributed by atoms with E-state index in [1.807, 2.05) is 11.3 Å². The lowest BCUT2D eigenvalue weighted by Gasteiger charge is -2.28. The van der Waals surface area contributed by atoms with Gasteiger partial charge in [-0.05, 0) is 92.7 Å². The molecule has 0 fully saturated rings. The Morgan fingerprint density at radius 1 is 0.489 bits per heavy atom. The summed E-state index contributed by atoms with van der Waals surface area (Å²) in [7, 11) is 0. The van der Waals surface area contributed by atoms with Crippen molar-refractivity contribution in [3.63, 3.8) is 0 Å². The van der Waals surface area contributed by atoms with Crippen molar-refractivity contribution < 1.29 is 0 Å². The van der Waals surface area contributed by atoms with E-state index in [0.29, 0.717) is 0 Å². The maximum absolute atomic E-state index is 2.43. The summed E-state index contributed by atoms with van der Waals surface area (Å²) in [4.78, 5) is 2.39. The number of para-hydroxylation sites is 1. The molecule has 0 amide bonds. The van der Waals surface area contributed by atoms with Crippen molar-refractivity contribution in [2.75, 3.05) is 4.90 Å². The van der Waals surface area contributed by atoms with Gasteiger partial charge < -0.3 is 4.90 Å². The van der Waals surface area contributed by atoms with Gasteiger partial charge in [-0.2, -0.15) is 0 Å². The molecule has 9 rings (SSSR count). The zero-order valence-corrected chi connectivity index (χ0v) is 26.1. The van der Waals surface area contributed by atoms with E-state index < -0.39 is 0 Å². The zero-order valence-electron chi connectivity index (χ0n) is 25.3. The standard InChI is InChI=1S/C43H31NS/c1-43(2)38-27-32(23-24-35(38)36-25-26-40-41(42(36)43)37-16-8-9-18-39(37)45-40)44(30-13-4-3-5-14-30)31-21-19-29(20-22-31)34-17-10-12-28-11-6-7-15-33(28)34/h3-27H,1-2H3. The molecule has 1 aliphatic rings. The fourth-order valence-electron chi connectivity index (χ4n) is 7.54. The van der Waals surface area contributed by atoms with E-state index in [2.05, 4.69) is 170 Å². The predicted molar refractivity (Wildman–Crippen MR) is 195 cm³/mol. The highest BCUT2D eigenvalue weighted by Crippen LogP contribution is 2.55. The largest absolute Gasteiger partial charge is 0.310 e. The number of nitrogens with zero attached hydrogens (tertiary/aromatic N) is 1. The first kappa shape index (κ1) is 26.2.